The molecular formula is C10H10BrN3O. The summed E-state index contributed by atoms with van der Waals surface area (Å²) in [6.45, 7) is 0.499. The Morgan fingerprint density at radius 3 is 2.80 bits per heavy atom. The molecule has 0 radical (unpaired) electrons. The Morgan fingerprint density at radius 2 is 2.20 bits per heavy atom. The SMILES string of the molecule is Cn1ccn(Cc2cccc(Br)n2)c1=O. The van der Waals surface area contributed by atoms with Crippen LogP contribution in [0.25, 0.3) is 0 Å². The van der Waals surface area contributed by atoms with Crippen LogP contribution in [0.5, 0.6) is 0 Å². The fraction of sp³-hybridized carbons (Fsp3) is 0.200. The zero-order chi connectivity index (χ0) is 10.8. The lowest BCUT2D eigenvalue weighted by molar-refractivity contribution is 0.703. The van der Waals surface area contributed by atoms with E-state index in [2.05, 4.69) is 20.9 Å². The van der Waals surface area contributed by atoms with Crippen LogP contribution in [0, 0.1) is 0 Å². The molecule has 2 heterocycles. The molecule has 0 aromatic carbocycles. The minimum absolute atomic E-state index is 0.0308. The molecule has 0 N–H and O–H groups in total. The Kier molecular flexibility index (Phi) is 2.73. The molecule has 15 heavy (non-hydrogen) atoms. The Hall–Kier alpha value is -1.36. The second-order valence-electron chi connectivity index (χ2n) is 3.27. The van der Waals surface area contributed by atoms with Crippen LogP contribution in [-0.4, -0.2) is 14.1 Å². The van der Waals surface area contributed by atoms with E-state index in [0.29, 0.717) is 6.54 Å². The van der Waals surface area contributed by atoms with Crippen LogP contribution in [0.15, 0.2) is 40.0 Å². The standard InChI is InChI=1S/C10H10BrN3O/c1-13-5-6-14(10(13)15)7-8-3-2-4-9(11)12-8/h2-6H,7H2,1H3. The molecule has 0 saturated carbocycles. The fourth-order valence-corrected chi connectivity index (χ4v) is 1.72. The predicted molar refractivity (Wildman–Crippen MR) is 60.7 cm³/mol. The third-order valence-electron chi connectivity index (χ3n) is 2.12. The van der Waals surface area contributed by atoms with Crippen molar-refractivity contribution in [3.05, 3.63) is 51.4 Å². The van der Waals surface area contributed by atoms with Gasteiger partial charge in [0.15, 0.2) is 0 Å². The first-order valence-corrected chi connectivity index (χ1v) is 5.29. The first kappa shape index (κ1) is 10.2. The van der Waals surface area contributed by atoms with Crippen molar-refractivity contribution < 1.29 is 0 Å². The number of hydrogen-bond acceptors (Lipinski definition) is 2. The minimum atomic E-state index is -0.0308. The molecule has 4 nitrogen and oxygen atoms in total. The van der Waals surface area contributed by atoms with Crippen LogP contribution >= 0.6 is 15.9 Å². The summed E-state index contributed by atoms with van der Waals surface area (Å²) >= 11 is 3.30. The number of aryl methyl sites for hydroxylation is 1. The summed E-state index contributed by atoms with van der Waals surface area (Å²) in [7, 11) is 1.73. The zero-order valence-electron chi connectivity index (χ0n) is 8.22. The fourth-order valence-electron chi connectivity index (χ4n) is 1.34. The van der Waals surface area contributed by atoms with Crippen molar-refractivity contribution in [3.63, 3.8) is 0 Å². The van der Waals surface area contributed by atoms with Gasteiger partial charge in [-0.15, -0.1) is 0 Å². The summed E-state index contributed by atoms with van der Waals surface area (Å²) in [5, 5.41) is 0. The Labute approximate surface area is 95.3 Å². The van der Waals surface area contributed by atoms with Gasteiger partial charge in [0.25, 0.3) is 0 Å². The topological polar surface area (TPSA) is 39.8 Å². The van der Waals surface area contributed by atoms with Gasteiger partial charge >= 0.3 is 5.69 Å². The first-order chi connectivity index (χ1) is 7.16. The summed E-state index contributed by atoms with van der Waals surface area (Å²) < 4.78 is 3.94. The number of hydrogen-bond donors (Lipinski definition) is 0. The van der Waals surface area contributed by atoms with Gasteiger partial charge in [-0.1, -0.05) is 6.07 Å². The van der Waals surface area contributed by atoms with Crippen LogP contribution in [0.1, 0.15) is 5.69 Å². The lowest BCUT2D eigenvalue weighted by atomic mass is 10.3. The van der Waals surface area contributed by atoms with E-state index >= 15 is 0 Å². The number of pyridine rings is 1. The van der Waals surface area contributed by atoms with Crippen molar-refractivity contribution in [2.24, 2.45) is 7.05 Å². The summed E-state index contributed by atoms with van der Waals surface area (Å²) in [5.41, 5.74) is 0.828. The molecule has 0 aliphatic rings. The molecule has 0 spiro atoms. The average Bonchev–Trinajstić information content (AvgIpc) is 2.50. The van der Waals surface area contributed by atoms with Crippen molar-refractivity contribution in [1.29, 1.82) is 0 Å². The van der Waals surface area contributed by atoms with E-state index in [1.54, 1.807) is 24.0 Å². The number of rotatable bonds is 2. The van der Waals surface area contributed by atoms with Gasteiger partial charge in [0, 0.05) is 19.4 Å². The molecule has 0 fully saturated rings. The van der Waals surface area contributed by atoms with Crippen molar-refractivity contribution in [2.45, 2.75) is 6.54 Å². The van der Waals surface area contributed by atoms with Crippen LogP contribution in [0.3, 0.4) is 0 Å². The molecule has 0 unspecified atom stereocenters. The number of imidazole rings is 1. The predicted octanol–water partition coefficient (Wildman–Crippen LogP) is 1.39. The second-order valence-corrected chi connectivity index (χ2v) is 4.08. The van der Waals surface area contributed by atoms with Crippen molar-refractivity contribution in [3.8, 4) is 0 Å². The van der Waals surface area contributed by atoms with Crippen molar-refractivity contribution in [2.75, 3.05) is 0 Å². The highest BCUT2D eigenvalue weighted by Crippen LogP contribution is 2.06. The normalized spacial score (nSPS) is 10.5. The van der Waals surface area contributed by atoms with Gasteiger partial charge in [0.05, 0.1) is 12.2 Å². The van der Waals surface area contributed by atoms with E-state index in [0.717, 1.165) is 10.3 Å². The van der Waals surface area contributed by atoms with Gasteiger partial charge < -0.3 is 4.57 Å². The molecule has 2 aromatic heterocycles. The highest BCUT2D eigenvalue weighted by Gasteiger charge is 2.01. The lowest BCUT2D eigenvalue weighted by Crippen LogP contribution is -2.22. The lowest BCUT2D eigenvalue weighted by Gasteiger charge is -2.01. The Morgan fingerprint density at radius 1 is 1.40 bits per heavy atom. The first-order valence-electron chi connectivity index (χ1n) is 4.50. The second kappa shape index (κ2) is 4.02. The molecule has 5 heteroatoms. The van der Waals surface area contributed by atoms with Gasteiger partial charge in [0.2, 0.25) is 0 Å². The maximum Gasteiger partial charge on any atom is 0.328 e. The molecule has 0 atom stereocenters. The Balaban J connectivity index is 2.30. The van der Waals surface area contributed by atoms with Gasteiger partial charge in [-0.25, -0.2) is 9.78 Å². The number of aromatic nitrogens is 3. The molecule has 78 valence electrons. The molecule has 0 aliphatic carbocycles. The third-order valence-corrected chi connectivity index (χ3v) is 2.56. The maximum atomic E-state index is 11.5. The molecule has 2 rings (SSSR count). The van der Waals surface area contributed by atoms with Crippen LogP contribution in [0.2, 0.25) is 0 Å². The van der Waals surface area contributed by atoms with E-state index in [1.807, 2.05) is 18.2 Å². The van der Waals surface area contributed by atoms with E-state index in [-0.39, 0.29) is 5.69 Å². The molecule has 0 bridgehead atoms. The van der Waals surface area contributed by atoms with Gasteiger partial charge in [-0.3, -0.25) is 4.57 Å². The van der Waals surface area contributed by atoms with E-state index in [4.69, 9.17) is 0 Å². The summed E-state index contributed by atoms with van der Waals surface area (Å²) in [6.07, 6.45) is 3.49. The number of halogens is 1. The van der Waals surface area contributed by atoms with E-state index in [1.165, 1.54) is 4.57 Å². The van der Waals surface area contributed by atoms with Crippen LogP contribution in [0.4, 0.5) is 0 Å². The largest absolute Gasteiger partial charge is 0.328 e. The van der Waals surface area contributed by atoms with Crippen LogP contribution < -0.4 is 5.69 Å². The van der Waals surface area contributed by atoms with E-state index < -0.39 is 0 Å². The highest BCUT2D eigenvalue weighted by atomic mass is 79.9. The molecule has 2 aromatic rings. The summed E-state index contributed by atoms with van der Waals surface area (Å²) in [4.78, 5) is 15.8. The summed E-state index contributed by atoms with van der Waals surface area (Å²) in [5.74, 6) is 0. The van der Waals surface area contributed by atoms with Crippen molar-refractivity contribution >= 4 is 15.9 Å². The maximum absolute atomic E-state index is 11.5. The minimum Gasteiger partial charge on any atom is -0.302 e. The van der Waals surface area contributed by atoms with Gasteiger partial charge in [-0.05, 0) is 28.1 Å². The quantitative estimate of drug-likeness (QED) is 0.772. The van der Waals surface area contributed by atoms with Crippen LogP contribution in [-0.2, 0) is 13.6 Å². The molecule has 0 amide bonds. The monoisotopic (exact) mass is 267 g/mol. The van der Waals surface area contributed by atoms with Crippen molar-refractivity contribution in [1.82, 2.24) is 14.1 Å². The van der Waals surface area contributed by atoms with Gasteiger partial charge in [0.1, 0.15) is 4.60 Å². The van der Waals surface area contributed by atoms with E-state index in [9.17, 15) is 4.79 Å². The van der Waals surface area contributed by atoms with Gasteiger partial charge in [-0.2, -0.15) is 0 Å². The smallest absolute Gasteiger partial charge is 0.302 e. The highest BCUT2D eigenvalue weighted by molar-refractivity contribution is 9.10. The zero-order valence-corrected chi connectivity index (χ0v) is 9.81. The molecule has 0 saturated heterocycles. The summed E-state index contributed by atoms with van der Waals surface area (Å²) in [6, 6.07) is 5.65. The number of nitrogens with zero attached hydrogens (tertiary/aromatic N) is 3. The Bertz CT molecular complexity index is 529. The molecule has 0 aliphatic heterocycles. The third kappa shape index (κ3) is 2.18. The average molecular weight is 268 g/mol. The molecular weight excluding hydrogens is 258 g/mol.